The molecule has 2 heterocycles. The van der Waals surface area contributed by atoms with Gasteiger partial charge in [-0.15, -0.1) is 0 Å². The van der Waals surface area contributed by atoms with Gasteiger partial charge in [0.25, 0.3) is 0 Å². The first-order valence-corrected chi connectivity index (χ1v) is 5.21. The minimum atomic E-state index is 0.933. The van der Waals surface area contributed by atoms with Crippen molar-refractivity contribution in [3.05, 3.63) is 60.8 Å². The molecule has 0 bridgehead atoms. The van der Waals surface area contributed by atoms with Crippen molar-refractivity contribution in [1.82, 2.24) is 9.97 Å². The van der Waals surface area contributed by atoms with Crippen molar-refractivity contribution < 1.29 is 0 Å². The molecule has 0 aliphatic heterocycles. The van der Waals surface area contributed by atoms with Gasteiger partial charge in [-0.05, 0) is 24.3 Å². The van der Waals surface area contributed by atoms with Gasteiger partial charge in [0.15, 0.2) is 0 Å². The van der Waals surface area contributed by atoms with E-state index in [9.17, 15) is 0 Å². The second kappa shape index (κ2) is 3.74. The highest BCUT2D eigenvalue weighted by Crippen LogP contribution is 2.19. The normalized spacial score (nSPS) is 10.5. The fraction of sp³-hybridized carbons (Fsp3) is 0. The summed E-state index contributed by atoms with van der Waals surface area (Å²) in [7, 11) is 0. The summed E-state index contributed by atoms with van der Waals surface area (Å²) in [5.74, 6) is 0. The van der Waals surface area contributed by atoms with Gasteiger partial charge < -0.3 is 0 Å². The van der Waals surface area contributed by atoms with Crippen LogP contribution in [0.3, 0.4) is 0 Å². The standard InChI is InChI=1S/C14H10N2/c1-2-5-11(6-3-1)12-8-9-13-14(16-12)7-4-10-15-13/h1-10H. The predicted octanol–water partition coefficient (Wildman–Crippen LogP) is 3.30. The van der Waals surface area contributed by atoms with E-state index in [1.165, 1.54) is 0 Å². The summed E-state index contributed by atoms with van der Waals surface area (Å²) in [5, 5.41) is 0. The zero-order chi connectivity index (χ0) is 10.8. The van der Waals surface area contributed by atoms with Crippen molar-refractivity contribution in [2.24, 2.45) is 0 Å². The van der Waals surface area contributed by atoms with Crippen molar-refractivity contribution in [3.63, 3.8) is 0 Å². The van der Waals surface area contributed by atoms with Crippen LogP contribution in [0.1, 0.15) is 0 Å². The lowest BCUT2D eigenvalue weighted by molar-refractivity contribution is 1.33. The Labute approximate surface area is 93.6 Å². The molecule has 2 heteroatoms. The van der Waals surface area contributed by atoms with E-state index >= 15 is 0 Å². The Bertz CT molecular complexity index is 618. The fourth-order valence-electron chi connectivity index (χ4n) is 1.73. The molecular formula is C14H10N2. The Kier molecular flexibility index (Phi) is 2.11. The summed E-state index contributed by atoms with van der Waals surface area (Å²) >= 11 is 0. The average molecular weight is 206 g/mol. The van der Waals surface area contributed by atoms with Gasteiger partial charge in [-0.3, -0.25) is 4.98 Å². The van der Waals surface area contributed by atoms with Crippen molar-refractivity contribution in [3.8, 4) is 11.3 Å². The number of fused-ring (bicyclic) bond motifs is 1. The third-order valence-electron chi connectivity index (χ3n) is 2.53. The first kappa shape index (κ1) is 9.04. The molecule has 2 aromatic heterocycles. The lowest BCUT2D eigenvalue weighted by atomic mass is 10.1. The van der Waals surface area contributed by atoms with Gasteiger partial charge in [0, 0.05) is 11.8 Å². The van der Waals surface area contributed by atoms with Crippen molar-refractivity contribution in [2.45, 2.75) is 0 Å². The number of nitrogens with zero attached hydrogens (tertiary/aromatic N) is 2. The first-order chi connectivity index (χ1) is 7.93. The number of aromatic nitrogens is 2. The van der Waals surface area contributed by atoms with E-state index in [2.05, 4.69) is 22.1 Å². The smallest absolute Gasteiger partial charge is 0.0894 e. The molecule has 3 rings (SSSR count). The highest BCUT2D eigenvalue weighted by Gasteiger charge is 2.00. The van der Waals surface area contributed by atoms with Crippen LogP contribution in [-0.4, -0.2) is 9.97 Å². The Morgan fingerprint density at radius 3 is 2.44 bits per heavy atom. The fourth-order valence-corrected chi connectivity index (χ4v) is 1.73. The number of rotatable bonds is 1. The molecule has 0 unspecified atom stereocenters. The Morgan fingerprint density at radius 2 is 1.56 bits per heavy atom. The summed E-state index contributed by atoms with van der Waals surface area (Å²) < 4.78 is 0. The lowest BCUT2D eigenvalue weighted by Gasteiger charge is -2.01. The summed E-state index contributed by atoms with van der Waals surface area (Å²) in [5.41, 5.74) is 3.99. The van der Waals surface area contributed by atoms with Crippen LogP contribution in [0, 0.1) is 0 Å². The van der Waals surface area contributed by atoms with Crippen LogP contribution in [0.4, 0.5) is 0 Å². The molecule has 0 radical (unpaired) electrons. The van der Waals surface area contributed by atoms with Crippen LogP contribution in [0.5, 0.6) is 0 Å². The quantitative estimate of drug-likeness (QED) is 0.610. The highest BCUT2D eigenvalue weighted by molar-refractivity contribution is 5.77. The molecular weight excluding hydrogens is 196 g/mol. The maximum absolute atomic E-state index is 4.58. The third-order valence-corrected chi connectivity index (χ3v) is 2.53. The molecule has 0 saturated heterocycles. The monoisotopic (exact) mass is 206 g/mol. The van der Waals surface area contributed by atoms with Crippen molar-refractivity contribution in [1.29, 1.82) is 0 Å². The van der Waals surface area contributed by atoms with Gasteiger partial charge in [-0.25, -0.2) is 4.98 Å². The molecule has 0 fully saturated rings. The number of hydrogen-bond acceptors (Lipinski definition) is 2. The summed E-state index contributed by atoms with van der Waals surface area (Å²) in [6, 6.07) is 18.1. The van der Waals surface area contributed by atoms with E-state index in [-0.39, 0.29) is 0 Å². The molecule has 0 aliphatic rings. The SMILES string of the molecule is c1ccc(-c2ccc3ncccc3n2)cc1. The molecule has 76 valence electrons. The van der Waals surface area contributed by atoms with Crippen LogP contribution >= 0.6 is 0 Å². The third kappa shape index (κ3) is 1.54. The van der Waals surface area contributed by atoms with Gasteiger partial charge in [0.2, 0.25) is 0 Å². The van der Waals surface area contributed by atoms with Gasteiger partial charge in [-0.1, -0.05) is 30.3 Å². The zero-order valence-electron chi connectivity index (χ0n) is 8.67. The molecule has 0 atom stereocenters. The van der Waals surface area contributed by atoms with Crippen molar-refractivity contribution >= 4 is 11.0 Å². The van der Waals surface area contributed by atoms with Gasteiger partial charge in [-0.2, -0.15) is 0 Å². The molecule has 0 N–H and O–H groups in total. The second-order valence-corrected chi connectivity index (χ2v) is 3.60. The second-order valence-electron chi connectivity index (χ2n) is 3.60. The molecule has 2 nitrogen and oxygen atoms in total. The summed E-state index contributed by atoms with van der Waals surface area (Å²) in [6.07, 6.45) is 1.78. The Morgan fingerprint density at radius 1 is 0.688 bits per heavy atom. The van der Waals surface area contributed by atoms with E-state index in [0.717, 1.165) is 22.3 Å². The van der Waals surface area contributed by atoms with E-state index in [1.807, 2.05) is 42.5 Å². The molecule has 16 heavy (non-hydrogen) atoms. The molecule has 0 amide bonds. The summed E-state index contributed by atoms with van der Waals surface area (Å²) in [4.78, 5) is 8.84. The highest BCUT2D eigenvalue weighted by atomic mass is 14.8. The first-order valence-electron chi connectivity index (χ1n) is 5.21. The van der Waals surface area contributed by atoms with Crippen LogP contribution in [0.25, 0.3) is 22.3 Å². The molecule has 0 spiro atoms. The van der Waals surface area contributed by atoms with Crippen LogP contribution in [-0.2, 0) is 0 Å². The average Bonchev–Trinajstić information content (AvgIpc) is 2.39. The number of benzene rings is 1. The van der Waals surface area contributed by atoms with E-state index in [0.29, 0.717) is 0 Å². The van der Waals surface area contributed by atoms with Crippen LogP contribution in [0.2, 0.25) is 0 Å². The maximum atomic E-state index is 4.58. The Balaban J connectivity index is 2.19. The molecule has 1 aromatic carbocycles. The van der Waals surface area contributed by atoms with Crippen molar-refractivity contribution in [2.75, 3.05) is 0 Å². The minimum Gasteiger partial charge on any atom is -0.255 e. The molecule has 0 saturated carbocycles. The van der Waals surface area contributed by atoms with Gasteiger partial charge in [0.05, 0.1) is 16.7 Å². The zero-order valence-corrected chi connectivity index (χ0v) is 8.67. The topological polar surface area (TPSA) is 25.8 Å². The Hall–Kier alpha value is -2.22. The molecule has 3 aromatic rings. The van der Waals surface area contributed by atoms with E-state index < -0.39 is 0 Å². The largest absolute Gasteiger partial charge is 0.255 e. The van der Waals surface area contributed by atoms with Gasteiger partial charge in [0.1, 0.15) is 0 Å². The number of pyridine rings is 2. The maximum Gasteiger partial charge on any atom is 0.0894 e. The van der Waals surface area contributed by atoms with Crippen LogP contribution in [0.15, 0.2) is 60.8 Å². The number of hydrogen-bond donors (Lipinski definition) is 0. The van der Waals surface area contributed by atoms with E-state index in [4.69, 9.17) is 0 Å². The van der Waals surface area contributed by atoms with E-state index in [1.54, 1.807) is 6.20 Å². The van der Waals surface area contributed by atoms with Crippen LogP contribution < -0.4 is 0 Å². The summed E-state index contributed by atoms with van der Waals surface area (Å²) in [6.45, 7) is 0. The lowest BCUT2D eigenvalue weighted by Crippen LogP contribution is -1.86. The molecule has 0 aliphatic carbocycles. The minimum absolute atomic E-state index is 0.933. The van der Waals surface area contributed by atoms with Gasteiger partial charge >= 0.3 is 0 Å². The predicted molar refractivity (Wildman–Crippen MR) is 65.0 cm³/mol.